The van der Waals surface area contributed by atoms with Gasteiger partial charge in [-0.15, -0.1) is 10.2 Å². The van der Waals surface area contributed by atoms with E-state index >= 15 is 0 Å². The third-order valence-corrected chi connectivity index (χ3v) is 8.60. The van der Waals surface area contributed by atoms with Crippen LogP contribution in [-0.4, -0.2) is 60.2 Å². The van der Waals surface area contributed by atoms with Gasteiger partial charge in [-0.3, -0.25) is 14.9 Å². The van der Waals surface area contributed by atoms with Crippen molar-refractivity contribution in [2.45, 2.75) is 35.9 Å². The van der Waals surface area contributed by atoms with Crippen LogP contribution >= 0.6 is 23.1 Å². The zero-order valence-corrected chi connectivity index (χ0v) is 19.7. The lowest BCUT2D eigenvalue weighted by molar-refractivity contribution is -0.139. The van der Waals surface area contributed by atoms with Crippen LogP contribution in [0.2, 0.25) is 0 Å². The van der Waals surface area contributed by atoms with Crippen molar-refractivity contribution in [3.8, 4) is 0 Å². The molecule has 168 valence electrons. The molecule has 1 aliphatic rings. The summed E-state index contributed by atoms with van der Waals surface area (Å²) in [5.41, 5.74) is 0.308. The first-order valence-corrected chi connectivity index (χ1v) is 13.1. The Morgan fingerprint density at radius 3 is 2.55 bits per heavy atom. The normalized spacial score (nSPS) is 15.5. The number of carbonyl (C=O) groups excluding carboxylic acids is 2. The number of piperidine rings is 1. The maximum atomic E-state index is 12.8. The molecule has 9 nitrogen and oxygen atoms in total. The fraction of sp³-hybridized carbons (Fsp3) is 0.474. The smallest absolute Gasteiger partial charge is 0.316 e. The van der Waals surface area contributed by atoms with Crippen LogP contribution in [0.1, 0.15) is 37.0 Å². The first-order chi connectivity index (χ1) is 14.8. The number of nitrogens with one attached hydrogen (secondary N) is 1. The molecule has 1 fully saturated rings. The van der Waals surface area contributed by atoms with E-state index in [1.54, 1.807) is 6.92 Å². The highest BCUT2D eigenvalue weighted by atomic mass is 32.2. The topological polar surface area (TPSA) is 119 Å². The minimum atomic E-state index is -3.56. The number of hydrogen-bond donors (Lipinski definition) is 1. The Bertz CT molecular complexity index is 1020. The minimum absolute atomic E-state index is 0.113. The largest absolute Gasteiger partial charge is 0.465 e. The molecule has 0 spiro atoms. The number of hydrogen-bond acceptors (Lipinski definition) is 9. The van der Waals surface area contributed by atoms with Crippen LogP contribution < -0.4 is 5.32 Å². The van der Waals surface area contributed by atoms with E-state index in [2.05, 4.69) is 22.4 Å². The molecule has 0 aliphatic carbocycles. The van der Waals surface area contributed by atoms with Gasteiger partial charge in [0.05, 0.1) is 17.3 Å². The van der Waals surface area contributed by atoms with Gasteiger partial charge in [0.2, 0.25) is 15.2 Å². The van der Waals surface area contributed by atoms with Crippen molar-refractivity contribution in [2.75, 3.05) is 30.8 Å². The quantitative estimate of drug-likeness (QED) is 0.345. The molecule has 1 aromatic heterocycles. The Kier molecular flexibility index (Phi) is 8.03. The molecule has 1 amide bonds. The number of carbonyl (C=O) groups is 2. The number of thioether (sulfide) groups is 1. The van der Waals surface area contributed by atoms with E-state index in [1.807, 2.05) is 0 Å². The monoisotopic (exact) mass is 484 g/mol. The Hall–Kier alpha value is -2.02. The Labute approximate surface area is 189 Å². The average molecular weight is 485 g/mol. The van der Waals surface area contributed by atoms with Crippen LogP contribution in [-0.2, 0) is 19.6 Å². The molecule has 2 aromatic rings. The number of amides is 1. The summed E-state index contributed by atoms with van der Waals surface area (Å²) in [6, 6.07) is 5.85. The highest BCUT2D eigenvalue weighted by molar-refractivity contribution is 8.01. The number of rotatable bonds is 8. The van der Waals surface area contributed by atoms with E-state index in [4.69, 9.17) is 4.74 Å². The standard InChI is InChI=1S/C19H24N4O5S3/c1-3-28-16(24)12-29-19-22-21-18(30-19)20-17(25)14-4-6-15(7-5-14)31(26,27)23-10-8-13(2)9-11-23/h4-7,13H,3,8-12H2,1-2H3,(H,20,21,25). The van der Waals surface area contributed by atoms with Crippen LogP contribution in [0.15, 0.2) is 33.5 Å². The lowest BCUT2D eigenvalue weighted by Crippen LogP contribution is -2.37. The molecular weight excluding hydrogens is 460 g/mol. The van der Waals surface area contributed by atoms with Gasteiger partial charge in [0, 0.05) is 18.7 Å². The lowest BCUT2D eigenvalue weighted by atomic mass is 10.0. The Morgan fingerprint density at radius 1 is 1.23 bits per heavy atom. The molecule has 0 atom stereocenters. The third kappa shape index (κ3) is 6.25. The van der Waals surface area contributed by atoms with E-state index in [0.717, 1.165) is 24.2 Å². The highest BCUT2D eigenvalue weighted by Crippen LogP contribution is 2.26. The minimum Gasteiger partial charge on any atom is -0.465 e. The number of benzene rings is 1. The van der Waals surface area contributed by atoms with Gasteiger partial charge < -0.3 is 4.74 Å². The van der Waals surface area contributed by atoms with Gasteiger partial charge in [0.15, 0.2) is 4.34 Å². The number of ether oxygens (including phenoxy) is 1. The molecule has 0 radical (unpaired) electrons. The summed E-state index contributed by atoms with van der Waals surface area (Å²) in [7, 11) is -3.56. The Balaban J connectivity index is 1.59. The zero-order valence-electron chi connectivity index (χ0n) is 17.2. The molecule has 1 aliphatic heterocycles. The predicted molar refractivity (Wildman–Crippen MR) is 119 cm³/mol. The van der Waals surface area contributed by atoms with Crippen molar-refractivity contribution >= 4 is 50.1 Å². The molecule has 0 saturated carbocycles. The molecule has 0 unspecified atom stereocenters. The van der Waals surface area contributed by atoms with Crippen LogP contribution in [0.5, 0.6) is 0 Å². The number of anilines is 1. The van der Waals surface area contributed by atoms with Crippen molar-refractivity contribution in [3.05, 3.63) is 29.8 Å². The van der Waals surface area contributed by atoms with E-state index in [9.17, 15) is 18.0 Å². The summed E-state index contributed by atoms with van der Waals surface area (Å²) in [6.45, 7) is 5.20. The lowest BCUT2D eigenvalue weighted by Gasteiger charge is -2.29. The SMILES string of the molecule is CCOC(=O)CSc1nnc(NC(=O)c2ccc(S(=O)(=O)N3CCC(C)CC3)cc2)s1. The number of aromatic nitrogens is 2. The summed E-state index contributed by atoms with van der Waals surface area (Å²) < 4.78 is 32.5. The fourth-order valence-electron chi connectivity index (χ4n) is 2.96. The molecule has 1 saturated heterocycles. The first kappa shape index (κ1) is 23.6. The highest BCUT2D eigenvalue weighted by Gasteiger charge is 2.28. The van der Waals surface area contributed by atoms with Gasteiger partial charge >= 0.3 is 5.97 Å². The van der Waals surface area contributed by atoms with Crippen LogP contribution in [0.3, 0.4) is 0 Å². The number of esters is 1. The van der Waals surface area contributed by atoms with Crippen molar-refractivity contribution in [2.24, 2.45) is 5.92 Å². The van der Waals surface area contributed by atoms with E-state index in [-0.39, 0.29) is 21.7 Å². The van der Waals surface area contributed by atoms with Crippen LogP contribution in [0.25, 0.3) is 0 Å². The summed E-state index contributed by atoms with van der Waals surface area (Å²) in [5.74, 6) is -0.124. The van der Waals surface area contributed by atoms with Gasteiger partial charge in [0.25, 0.3) is 5.91 Å². The molecule has 12 heteroatoms. The van der Waals surface area contributed by atoms with Crippen molar-refractivity contribution in [1.29, 1.82) is 0 Å². The molecule has 1 N–H and O–H groups in total. The van der Waals surface area contributed by atoms with Gasteiger partial charge in [-0.1, -0.05) is 30.0 Å². The zero-order chi connectivity index (χ0) is 22.4. The molecule has 2 heterocycles. The van der Waals surface area contributed by atoms with Crippen molar-refractivity contribution in [3.63, 3.8) is 0 Å². The predicted octanol–water partition coefficient (Wildman–Crippen LogP) is 2.87. The van der Waals surface area contributed by atoms with Gasteiger partial charge in [-0.05, 0) is 49.9 Å². The third-order valence-electron chi connectivity index (χ3n) is 4.74. The maximum Gasteiger partial charge on any atom is 0.316 e. The molecule has 3 rings (SSSR count). The van der Waals surface area contributed by atoms with Gasteiger partial charge in [-0.25, -0.2) is 8.42 Å². The van der Waals surface area contributed by atoms with E-state index < -0.39 is 15.9 Å². The second-order valence-corrected chi connectivity index (χ2v) is 11.2. The maximum absolute atomic E-state index is 12.8. The number of nitrogens with zero attached hydrogens (tertiary/aromatic N) is 3. The number of sulfonamides is 1. The van der Waals surface area contributed by atoms with Crippen LogP contribution in [0.4, 0.5) is 5.13 Å². The summed E-state index contributed by atoms with van der Waals surface area (Å²) in [4.78, 5) is 24.0. The molecule has 31 heavy (non-hydrogen) atoms. The first-order valence-electron chi connectivity index (χ1n) is 9.83. The van der Waals surface area contributed by atoms with Crippen molar-refractivity contribution < 1.29 is 22.7 Å². The Morgan fingerprint density at radius 2 is 1.90 bits per heavy atom. The average Bonchev–Trinajstić information content (AvgIpc) is 3.20. The second kappa shape index (κ2) is 10.5. The van der Waals surface area contributed by atoms with Gasteiger partial charge in [0.1, 0.15) is 0 Å². The molecule has 1 aromatic carbocycles. The fourth-order valence-corrected chi connectivity index (χ4v) is 5.98. The van der Waals surface area contributed by atoms with Gasteiger partial charge in [-0.2, -0.15) is 4.31 Å². The summed E-state index contributed by atoms with van der Waals surface area (Å²) in [5, 5.41) is 10.7. The summed E-state index contributed by atoms with van der Waals surface area (Å²) in [6.07, 6.45) is 1.70. The van der Waals surface area contributed by atoms with Crippen molar-refractivity contribution in [1.82, 2.24) is 14.5 Å². The summed E-state index contributed by atoms with van der Waals surface area (Å²) >= 11 is 2.32. The molecular formula is C19H24N4O5S3. The van der Waals surface area contributed by atoms with Crippen LogP contribution in [0, 0.1) is 5.92 Å². The second-order valence-electron chi connectivity index (χ2n) is 7.03. The van der Waals surface area contributed by atoms with E-state index in [0.29, 0.717) is 35.5 Å². The molecule has 0 bridgehead atoms. The van der Waals surface area contributed by atoms with E-state index in [1.165, 1.54) is 40.3 Å².